The summed E-state index contributed by atoms with van der Waals surface area (Å²) in [5, 5.41) is 10.3. The molecule has 0 aromatic heterocycles. The first kappa shape index (κ1) is 13.4. The van der Waals surface area contributed by atoms with E-state index in [4.69, 9.17) is 0 Å². The highest BCUT2D eigenvalue weighted by molar-refractivity contribution is 4.86. The van der Waals surface area contributed by atoms with Gasteiger partial charge in [-0.3, -0.25) is 0 Å². The fourth-order valence-corrected chi connectivity index (χ4v) is 4.07. The van der Waals surface area contributed by atoms with E-state index in [-0.39, 0.29) is 6.10 Å². The molecule has 1 heteroatoms. The quantitative estimate of drug-likeness (QED) is 0.707. The van der Waals surface area contributed by atoms with E-state index in [2.05, 4.69) is 13.8 Å². The number of rotatable bonds is 2. The van der Waals surface area contributed by atoms with Gasteiger partial charge in [-0.15, -0.1) is 0 Å². The monoisotopic (exact) mass is 238 g/mol. The summed E-state index contributed by atoms with van der Waals surface area (Å²) < 4.78 is 0. The van der Waals surface area contributed by atoms with E-state index in [9.17, 15) is 5.11 Å². The van der Waals surface area contributed by atoms with Gasteiger partial charge in [-0.05, 0) is 42.9 Å². The average molecular weight is 238 g/mol. The molecule has 0 aromatic rings. The van der Waals surface area contributed by atoms with Crippen molar-refractivity contribution in [1.29, 1.82) is 0 Å². The number of hydrogen-bond acceptors (Lipinski definition) is 1. The Hall–Kier alpha value is -0.0400. The molecule has 1 nitrogen and oxygen atoms in total. The van der Waals surface area contributed by atoms with Crippen LogP contribution in [0.5, 0.6) is 0 Å². The Bertz CT molecular complexity index is 216. The Morgan fingerprint density at radius 1 is 0.882 bits per heavy atom. The Morgan fingerprint density at radius 2 is 1.53 bits per heavy atom. The SMILES string of the molecule is CC(C)C1CCC(O)C(C2CCCCCC2)C1. The van der Waals surface area contributed by atoms with Gasteiger partial charge >= 0.3 is 0 Å². The van der Waals surface area contributed by atoms with Gasteiger partial charge in [0.25, 0.3) is 0 Å². The van der Waals surface area contributed by atoms with Crippen LogP contribution in [0.4, 0.5) is 0 Å². The van der Waals surface area contributed by atoms with Crippen molar-refractivity contribution in [2.75, 3.05) is 0 Å². The molecule has 2 rings (SSSR count). The lowest BCUT2D eigenvalue weighted by atomic mass is 9.68. The van der Waals surface area contributed by atoms with E-state index in [0.29, 0.717) is 5.92 Å². The van der Waals surface area contributed by atoms with Crippen LogP contribution in [-0.4, -0.2) is 11.2 Å². The molecule has 0 aromatic carbocycles. The van der Waals surface area contributed by atoms with Crippen LogP contribution in [-0.2, 0) is 0 Å². The maximum Gasteiger partial charge on any atom is 0.0571 e. The fraction of sp³-hybridized carbons (Fsp3) is 1.00. The van der Waals surface area contributed by atoms with Crippen molar-refractivity contribution in [2.45, 2.75) is 77.7 Å². The van der Waals surface area contributed by atoms with Crippen LogP contribution >= 0.6 is 0 Å². The summed E-state index contributed by atoms with van der Waals surface area (Å²) in [6.45, 7) is 4.71. The zero-order chi connectivity index (χ0) is 12.3. The van der Waals surface area contributed by atoms with E-state index in [0.717, 1.165) is 24.2 Å². The molecule has 3 atom stereocenters. The second-order valence-corrected chi connectivity index (χ2v) is 6.80. The summed E-state index contributed by atoms with van der Waals surface area (Å²) in [5.74, 6) is 3.12. The second-order valence-electron chi connectivity index (χ2n) is 6.80. The van der Waals surface area contributed by atoms with Gasteiger partial charge in [-0.2, -0.15) is 0 Å². The van der Waals surface area contributed by atoms with E-state index < -0.39 is 0 Å². The maximum absolute atomic E-state index is 10.3. The summed E-state index contributed by atoms with van der Waals surface area (Å²) in [6, 6.07) is 0. The van der Waals surface area contributed by atoms with Gasteiger partial charge in [0.1, 0.15) is 0 Å². The van der Waals surface area contributed by atoms with Crippen LogP contribution in [0, 0.1) is 23.7 Å². The molecule has 2 aliphatic carbocycles. The summed E-state index contributed by atoms with van der Waals surface area (Å²) in [6.07, 6.45) is 12.0. The lowest BCUT2D eigenvalue weighted by molar-refractivity contribution is 0.00381. The first-order valence-corrected chi connectivity index (χ1v) is 7.86. The van der Waals surface area contributed by atoms with Crippen LogP contribution in [0.3, 0.4) is 0 Å². The van der Waals surface area contributed by atoms with Gasteiger partial charge < -0.3 is 5.11 Å². The normalized spacial score (nSPS) is 37.1. The molecule has 0 aliphatic heterocycles. The number of aliphatic hydroxyl groups is 1. The summed E-state index contributed by atoms with van der Waals surface area (Å²) >= 11 is 0. The van der Waals surface area contributed by atoms with Gasteiger partial charge in [0.05, 0.1) is 6.10 Å². The van der Waals surface area contributed by atoms with Crippen molar-refractivity contribution in [3.05, 3.63) is 0 Å². The van der Waals surface area contributed by atoms with Gasteiger partial charge in [0.15, 0.2) is 0 Å². The Labute approximate surface area is 107 Å². The smallest absolute Gasteiger partial charge is 0.0571 e. The molecular formula is C16H30O. The maximum atomic E-state index is 10.3. The minimum Gasteiger partial charge on any atom is -0.393 e. The molecule has 17 heavy (non-hydrogen) atoms. The molecule has 0 heterocycles. The van der Waals surface area contributed by atoms with E-state index in [1.807, 2.05) is 0 Å². The first-order chi connectivity index (χ1) is 8.18. The Kier molecular flexibility index (Phi) is 4.90. The molecule has 0 saturated heterocycles. The van der Waals surface area contributed by atoms with Crippen molar-refractivity contribution in [1.82, 2.24) is 0 Å². The van der Waals surface area contributed by atoms with Crippen molar-refractivity contribution in [2.24, 2.45) is 23.7 Å². The van der Waals surface area contributed by atoms with Crippen molar-refractivity contribution >= 4 is 0 Å². The molecule has 3 unspecified atom stereocenters. The standard InChI is InChI=1S/C16H30O/c1-12(2)14-9-10-16(17)15(11-14)13-7-5-3-4-6-8-13/h12-17H,3-11H2,1-2H3. The highest BCUT2D eigenvalue weighted by Gasteiger charge is 2.35. The third-order valence-corrected chi connectivity index (χ3v) is 5.35. The zero-order valence-corrected chi connectivity index (χ0v) is 11.7. The van der Waals surface area contributed by atoms with Crippen LogP contribution in [0.25, 0.3) is 0 Å². The van der Waals surface area contributed by atoms with E-state index in [1.54, 1.807) is 0 Å². The molecule has 0 bridgehead atoms. The topological polar surface area (TPSA) is 20.2 Å². The number of aliphatic hydroxyl groups excluding tert-OH is 1. The highest BCUT2D eigenvalue weighted by atomic mass is 16.3. The van der Waals surface area contributed by atoms with E-state index >= 15 is 0 Å². The molecule has 2 aliphatic rings. The van der Waals surface area contributed by atoms with Crippen LogP contribution < -0.4 is 0 Å². The van der Waals surface area contributed by atoms with Gasteiger partial charge in [0, 0.05) is 0 Å². The second kappa shape index (κ2) is 6.22. The Morgan fingerprint density at radius 3 is 2.12 bits per heavy atom. The molecule has 0 radical (unpaired) electrons. The third-order valence-electron chi connectivity index (χ3n) is 5.35. The molecule has 0 spiro atoms. The van der Waals surface area contributed by atoms with Gasteiger partial charge in [0.2, 0.25) is 0 Å². The zero-order valence-electron chi connectivity index (χ0n) is 11.7. The molecule has 100 valence electrons. The first-order valence-electron chi connectivity index (χ1n) is 7.86. The summed E-state index contributed by atoms with van der Waals surface area (Å²) in [5.41, 5.74) is 0. The van der Waals surface area contributed by atoms with Crippen molar-refractivity contribution < 1.29 is 5.11 Å². The lowest BCUT2D eigenvalue weighted by Gasteiger charge is -2.39. The van der Waals surface area contributed by atoms with Gasteiger partial charge in [-0.25, -0.2) is 0 Å². The summed E-state index contributed by atoms with van der Waals surface area (Å²) in [4.78, 5) is 0. The largest absolute Gasteiger partial charge is 0.393 e. The predicted octanol–water partition coefficient (Wildman–Crippen LogP) is 4.39. The molecule has 0 amide bonds. The fourth-order valence-electron chi connectivity index (χ4n) is 4.07. The molecule has 2 saturated carbocycles. The van der Waals surface area contributed by atoms with Crippen LogP contribution in [0.1, 0.15) is 71.6 Å². The van der Waals surface area contributed by atoms with Crippen LogP contribution in [0.2, 0.25) is 0 Å². The summed E-state index contributed by atoms with van der Waals surface area (Å²) in [7, 11) is 0. The van der Waals surface area contributed by atoms with Gasteiger partial charge in [-0.1, -0.05) is 52.4 Å². The predicted molar refractivity (Wildman–Crippen MR) is 72.9 cm³/mol. The minimum absolute atomic E-state index is 0.00750. The highest BCUT2D eigenvalue weighted by Crippen LogP contribution is 2.41. The Balaban J connectivity index is 1.95. The average Bonchev–Trinajstić information content (AvgIpc) is 2.58. The van der Waals surface area contributed by atoms with E-state index in [1.165, 1.54) is 51.4 Å². The van der Waals surface area contributed by atoms with Crippen molar-refractivity contribution in [3.8, 4) is 0 Å². The van der Waals surface area contributed by atoms with Crippen molar-refractivity contribution in [3.63, 3.8) is 0 Å². The molecule has 1 N–H and O–H groups in total. The van der Waals surface area contributed by atoms with Crippen LogP contribution in [0.15, 0.2) is 0 Å². The molecular weight excluding hydrogens is 208 g/mol. The number of hydrogen-bond donors (Lipinski definition) is 1. The lowest BCUT2D eigenvalue weighted by Crippen LogP contribution is -2.35. The third kappa shape index (κ3) is 3.47. The molecule has 2 fully saturated rings. The minimum atomic E-state index is 0.00750.